The Morgan fingerprint density at radius 3 is 2.67 bits per heavy atom. The molecular weight excluding hydrogens is 436 g/mol. The highest BCUT2D eigenvalue weighted by atomic mass is 32.2. The van der Waals surface area contributed by atoms with E-state index in [0.29, 0.717) is 24.1 Å². The lowest BCUT2D eigenvalue weighted by atomic mass is 10.2. The van der Waals surface area contributed by atoms with Crippen molar-refractivity contribution < 1.29 is 9.53 Å². The number of hydrogen-bond donors (Lipinski definition) is 0. The monoisotopic (exact) mass is 456 g/mol. The Morgan fingerprint density at radius 2 is 1.87 bits per heavy atom. The Hall–Kier alpha value is -2.36. The summed E-state index contributed by atoms with van der Waals surface area (Å²) >= 11 is 4.69. The summed E-state index contributed by atoms with van der Waals surface area (Å²) in [6, 6.07) is 18.3. The van der Waals surface area contributed by atoms with E-state index in [1.54, 1.807) is 30.0 Å². The number of rotatable bonds is 9. The summed E-state index contributed by atoms with van der Waals surface area (Å²) in [5.74, 6) is 1.47. The fourth-order valence-corrected chi connectivity index (χ4v) is 5.58. The van der Waals surface area contributed by atoms with Crippen molar-refractivity contribution in [3.63, 3.8) is 0 Å². The number of fused-ring (bicyclic) bond motifs is 1. The molecule has 154 valence electrons. The maximum absolute atomic E-state index is 11.8. The van der Waals surface area contributed by atoms with E-state index < -0.39 is 0 Å². The Balaban J connectivity index is 1.52. The molecule has 4 rings (SSSR count). The van der Waals surface area contributed by atoms with Crippen molar-refractivity contribution in [1.82, 2.24) is 19.7 Å². The minimum absolute atomic E-state index is 0.214. The number of esters is 1. The Kier molecular flexibility index (Phi) is 7.03. The molecule has 2 aromatic carbocycles. The van der Waals surface area contributed by atoms with Gasteiger partial charge in [0.25, 0.3) is 0 Å². The van der Waals surface area contributed by atoms with Crippen LogP contribution in [0.4, 0.5) is 0 Å². The molecule has 0 aliphatic rings. The molecule has 0 radical (unpaired) electrons. The number of carbonyl (C=O) groups excluding carboxylic acids is 1. The third kappa shape index (κ3) is 5.21. The molecule has 0 aliphatic carbocycles. The molecule has 2 aromatic heterocycles. The molecule has 0 bridgehead atoms. The van der Waals surface area contributed by atoms with E-state index in [0.717, 1.165) is 21.2 Å². The summed E-state index contributed by atoms with van der Waals surface area (Å²) in [7, 11) is 0. The first-order valence-corrected chi connectivity index (χ1v) is 12.2. The van der Waals surface area contributed by atoms with Gasteiger partial charge in [-0.25, -0.2) is 4.98 Å². The Bertz CT molecular complexity index is 1090. The van der Waals surface area contributed by atoms with E-state index in [1.165, 1.54) is 16.5 Å². The highest BCUT2D eigenvalue weighted by molar-refractivity contribution is 8.00. The lowest BCUT2D eigenvalue weighted by Crippen LogP contribution is -2.09. The van der Waals surface area contributed by atoms with Crippen LogP contribution in [0.3, 0.4) is 0 Å². The molecule has 0 atom stereocenters. The number of carbonyl (C=O) groups is 1. The molecule has 0 unspecified atom stereocenters. The molecule has 0 spiro atoms. The highest BCUT2D eigenvalue weighted by Crippen LogP contribution is 2.32. The maximum atomic E-state index is 11.8. The fraction of sp³-hybridized carbons (Fsp3) is 0.238. The smallest absolute Gasteiger partial charge is 0.316 e. The topological polar surface area (TPSA) is 69.9 Å². The SMILES string of the molecule is CCOC(=O)CSc1nnc(CSc2nc3ccccc3s2)n1Cc1ccccc1. The van der Waals surface area contributed by atoms with Crippen LogP contribution in [0.1, 0.15) is 18.3 Å². The molecule has 0 saturated heterocycles. The first-order chi connectivity index (χ1) is 14.7. The average molecular weight is 457 g/mol. The lowest BCUT2D eigenvalue weighted by Gasteiger charge is -2.10. The summed E-state index contributed by atoms with van der Waals surface area (Å²) in [5, 5.41) is 9.45. The van der Waals surface area contributed by atoms with Crippen LogP contribution >= 0.6 is 34.9 Å². The van der Waals surface area contributed by atoms with Crippen LogP contribution in [0.15, 0.2) is 64.1 Å². The van der Waals surface area contributed by atoms with Gasteiger partial charge in [0.1, 0.15) is 5.82 Å². The number of thioether (sulfide) groups is 2. The normalized spacial score (nSPS) is 11.1. The molecule has 0 N–H and O–H groups in total. The molecule has 4 aromatic rings. The van der Waals surface area contributed by atoms with Crippen LogP contribution in [0, 0.1) is 0 Å². The summed E-state index contributed by atoms with van der Waals surface area (Å²) in [6.07, 6.45) is 0. The minimum atomic E-state index is -0.248. The predicted molar refractivity (Wildman–Crippen MR) is 122 cm³/mol. The summed E-state index contributed by atoms with van der Waals surface area (Å²) < 4.78 is 9.29. The molecule has 9 heteroatoms. The van der Waals surface area contributed by atoms with E-state index in [4.69, 9.17) is 4.74 Å². The number of aromatic nitrogens is 4. The van der Waals surface area contributed by atoms with Gasteiger partial charge in [0.05, 0.1) is 34.9 Å². The predicted octanol–water partition coefficient (Wildman–Crippen LogP) is 4.88. The van der Waals surface area contributed by atoms with Crippen LogP contribution in [-0.4, -0.2) is 38.1 Å². The van der Waals surface area contributed by atoms with E-state index in [9.17, 15) is 4.79 Å². The minimum Gasteiger partial charge on any atom is -0.465 e. The zero-order valence-electron chi connectivity index (χ0n) is 16.4. The van der Waals surface area contributed by atoms with E-state index >= 15 is 0 Å². The van der Waals surface area contributed by atoms with Crippen LogP contribution in [0.2, 0.25) is 0 Å². The zero-order valence-corrected chi connectivity index (χ0v) is 18.8. The number of hydrogen-bond acceptors (Lipinski definition) is 8. The molecule has 2 heterocycles. The van der Waals surface area contributed by atoms with Gasteiger partial charge in [-0.1, -0.05) is 66.0 Å². The van der Waals surface area contributed by atoms with Gasteiger partial charge in [0.15, 0.2) is 9.50 Å². The number of para-hydroxylation sites is 1. The second-order valence-electron chi connectivity index (χ2n) is 6.30. The highest BCUT2D eigenvalue weighted by Gasteiger charge is 2.16. The van der Waals surface area contributed by atoms with Gasteiger partial charge in [-0.15, -0.1) is 21.5 Å². The van der Waals surface area contributed by atoms with Crippen molar-refractivity contribution in [2.45, 2.75) is 28.7 Å². The summed E-state index contributed by atoms with van der Waals surface area (Å²) in [4.78, 5) is 16.5. The second-order valence-corrected chi connectivity index (χ2v) is 9.50. The van der Waals surface area contributed by atoms with Crippen molar-refractivity contribution in [2.24, 2.45) is 0 Å². The zero-order chi connectivity index (χ0) is 20.8. The quantitative estimate of drug-likeness (QED) is 0.262. The Labute approximate surface area is 187 Å². The van der Waals surface area contributed by atoms with Gasteiger partial charge in [-0.2, -0.15) is 0 Å². The first kappa shape index (κ1) is 20.9. The van der Waals surface area contributed by atoms with Gasteiger partial charge in [-0.05, 0) is 24.6 Å². The fourth-order valence-electron chi connectivity index (χ4n) is 2.82. The van der Waals surface area contributed by atoms with Gasteiger partial charge in [0, 0.05) is 0 Å². The van der Waals surface area contributed by atoms with E-state index in [1.807, 2.05) is 36.4 Å². The molecule has 6 nitrogen and oxygen atoms in total. The summed E-state index contributed by atoms with van der Waals surface area (Å²) in [6.45, 7) is 2.83. The van der Waals surface area contributed by atoms with Crippen molar-refractivity contribution >= 4 is 51.0 Å². The largest absolute Gasteiger partial charge is 0.465 e. The third-order valence-corrected chi connectivity index (χ3v) is 7.32. The molecular formula is C21H20N4O2S3. The molecule has 0 aliphatic heterocycles. The van der Waals surface area contributed by atoms with E-state index in [-0.39, 0.29) is 11.7 Å². The van der Waals surface area contributed by atoms with Crippen molar-refractivity contribution in [2.75, 3.05) is 12.4 Å². The van der Waals surface area contributed by atoms with Crippen molar-refractivity contribution in [1.29, 1.82) is 0 Å². The van der Waals surface area contributed by atoms with Crippen LogP contribution in [0.25, 0.3) is 10.2 Å². The van der Waals surface area contributed by atoms with Crippen molar-refractivity contribution in [3.8, 4) is 0 Å². The third-order valence-electron chi connectivity index (χ3n) is 4.20. The number of nitrogens with zero attached hydrogens (tertiary/aromatic N) is 4. The first-order valence-electron chi connectivity index (χ1n) is 9.45. The van der Waals surface area contributed by atoms with Gasteiger partial charge < -0.3 is 9.30 Å². The standard InChI is InChI=1S/C21H20N4O2S3/c1-2-27-19(26)14-28-20-24-23-18(25(20)12-15-8-4-3-5-9-15)13-29-21-22-16-10-6-7-11-17(16)30-21/h3-11H,2,12-14H2,1H3. The van der Waals surface area contributed by atoms with Crippen LogP contribution in [0.5, 0.6) is 0 Å². The lowest BCUT2D eigenvalue weighted by molar-refractivity contribution is -0.139. The molecule has 0 fully saturated rings. The molecule has 0 saturated carbocycles. The van der Waals surface area contributed by atoms with E-state index in [2.05, 4.69) is 37.9 Å². The van der Waals surface area contributed by atoms with Crippen LogP contribution in [-0.2, 0) is 21.8 Å². The summed E-state index contributed by atoms with van der Waals surface area (Å²) in [5.41, 5.74) is 2.17. The van der Waals surface area contributed by atoms with Crippen molar-refractivity contribution in [3.05, 3.63) is 66.0 Å². The molecule has 0 amide bonds. The van der Waals surface area contributed by atoms with Gasteiger partial charge in [0.2, 0.25) is 0 Å². The number of benzene rings is 2. The van der Waals surface area contributed by atoms with Gasteiger partial charge in [-0.3, -0.25) is 4.79 Å². The van der Waals surface area contributed by atoms with Crippen LogP contribution < -0.4 is 0 Å². The molecule has 30 heavy (non-hydrogen) atoms. The average Bonchev–Trinajstić information content (AvgIpc) is 3.35. The van der Waals surface area contributed by atoms with Gasteiger partial charge >= 0.3 is 5.97 Å². The number of thiazole rings is 1. The second kappa shape index (κ2) is 10.1. The maximum Gasteiger partial charge on any atom is 0.316 e. The number of ether oxygens (including phenoxy) is 1. The Morgan fingerprint density at radius 1 is 1.07 bits per heavy atom.